The van der Waals surface area contributed by atoms with Crippen molar-refractivity contribution in [1.29, 1.82) is 0 Å². The Morgan fingerprint density at radius 3 is 2.90 bits per heavy atom. The van der Waals surface area contributed by atoms with Crippen LogP contribution in [0.15, 0.2) is 23.2 Å². The molecule has 2 aromatic heterocycles. The Hall–Kier alpha value is -0.980. The number of likely N-dealkylation sites (tertiary alicyclic amines) is 1. The summed E-state index contributed by atoms with van der Waals surface area (Å²) in [5.41, 5.74) is 2.07. The first-order valence-corrected chi connectivity index (χ1v) is 7.88. The molecule has 0 unspecified atom stereocenters. The summed E-state index contributed by atoms with van der Waals surface area (Å²) in [5.74, 6) is 0.804. The number of nitrogens with zero attached hydrogens (tertiary/aromatic N) is 4. The highest BCUT2D eigenvalue weighted by molar-refractivity contribution is 9.10. The van der Waals surface area contributed by atoms with Crippen molar-refractivity contribution in [2.45, 2.75) is 19.4 Å². The molecule has 2 aromatic rings. The molecule has 1 N–H and O–H groups in total. The Labute approximate surface area is 127 Å². The van der Waals surface area contributed by atoms with E-state index in [4.69, 9.17) is 0 Å². The predicted molar refractivity (Wildman–Crippen MR) is 82.6 cm³/mol. The summed E-state index contributed by atoms with van der Waals surface area (Å²) in [6, 6.07) is 0. The second kappa shape index (κ2) is 6.20. The molecule has 0 spiro atoms. The van der Waals surface area contributed by atoms with E-state index < -0.39 is 0 Å². The fourth-order valence-corrected chi connectivity index (χ4v) is 3.02. The van der Waals surface area contributed by atoms with Gasteiger partial charge in [-0.2, -0.15) is 0 Å². The average molecular weight is 338 g/mol. The zero-order chi connectivity index (χ0) is 13.9. The first kappa shape index (κ1) is 14.0. The number of halogens is 1. The summed E-state index contributed by atoms with van der Waals surface area (Å²) in [6.45, 7) is 4.39. The molecule has 5 nitrogen and oxygen atoms in total. The van der Waals surface area contributed by atoms with Crippen LogP contribution in [0.5, 0.6) is 0 Å². The van der Waals surface area contributed by atoms with Crippen LogP contribution >= 0.6 is 15.9 Å². The predicted octanol–water partition coefficient (Wildman–Crippen LogP) is 1.92. The van der Waals surface area contributed by atoms with Crippen LogP contribution < -0.4 is 5.32 Å². The molecule has 1 aliphatic rings. The Bertz CT molecular complexity index is 574. The molecular weight excluding hydrogens is 318 g/mol. The minimum absolute atomic E-state index is 0.804. The van der Waals surface area contributed by atoms with Crippen LogP contribution in [0.3, 0.4) is 0 Å². The monoisotopic (exact) mass is 337 g/mol. The Balaban J connectivity index is 1.56. The van der Waals surface area contributed by atoms with Crippen molar-refractivity contribution in [3.8, 4) is 0 Å². The summed E-state index contributed by atoms with van der Waals surface area (Å²) < 4.78 is 2.92. The number of piperidine rings is 1. The Kier molecular flexibility index (Phi) is 4.33. The van der Waals surface area contributed by atoms with Crippen LogP contribution in [-0.4, -0.2) is 46.0 Å². The van der Waals surface area contributed by atoms with Gasteiger partial charge in [-0.1, -0.05) is 0 Å². The minimum atomic E-state index is 0.804. The molecule has 0 aromatic carbocycles. The number of rotatable bonds is 4. The maximum Gasteiger partial charge on any atom is 0.155 e. The highest BCUT2D eigenvalue weighted by atomic mass is 79.9. The SMILES string of the molecule is CN1CCC(CNCc2cnc3cnc(Br)cn23)CC1. The van der Waals surface area contributed by atoms with Gasteiger partial charge < -0.3 is 10.2 Å². The third-order valence-corrected chi connectivity index (χ3v) is 4.43. The van der Waals surface area contributed by atoms with Crippen LogP contribution in [0.25, 0.3) is 5.65 Å². The second-order valence-electron chi connectivity index (χ2n) is 5.57. The third kappa shape index (κ3) is 3.19. The van der Waals surface area contributed by atoms with Gasteiger partial charge >= 0.3 is 0 Å². The molecule has 6 heteroatoms. The number of aromatic nitrogens is 3. The summed E-state index contributed by atoms with van der Waals surface area (Å²) in [5, 5.41) is 3.57. The van der Waals surface area contributed by atoms with Gasteiger partial charge in [-0.05, 0) is 61.4 Å². The van der Waals surface area contributed by atoms with Gasteiger partial charge in [-0.3, -0.25) is 4.40 Å². The smallest absolute Gasteiger partial charge is 0.155 e. The lowest BCUT2D eigenvalue weighted by atomic mass is 9.97. The zero-order valence-electron chi connectivity index (χ0n) is 11.7. The number of hydrogen-bond donors (Lipinski definition) is 1. The van der Waals surface area contributed by atoms with E-state index in [0.29, 0.717) is 0 Å². The van der Waals surface area contributed by atoms with E-state index in [9.17, 15) is 0 Å². The van der Waals surface area contributed by atoms with Crippen molar-refractivity contribution in [3.63, 3.8) is 0 Å². The van der Waals surface area contributed by atoms with Crippen molar-refractivity contribution in [3.05, 3.63) is 28.9 Å². The zero-order valence-corrected chi connectivity index (χ0v) is 13.3. The molecule has 0 atom stereocenters. The molecule has 1 fully saturated rings. The van der Waals surface area contributed by atoms with Crippen molar-refractivity contribution in [2.75, 3.05) is 26.7 Å². The molecule has 0 aliphatic carbocycles. The molecule has 1 aliphatic heterocycles. The van der Waals surface area contributed by atoms with Gasteiger partial charge in [0.15, 0.2) is 5.65 Å². The maximum absolute atomic E-state index is 4.37. The van der Waals surface area contributed by atoms with Gasteiger partial charge in [0.05, 0.1) is 18.1 Å². The van der Waals surface area contributed by atoms with Gasteiger partial charge in [-0.15, -0.1) is 0 Å². The van der Waals surface area contributed by atoms with E-state index in [1.54, 1.807) is 6.20 Å². The standard InChI is InChI=1S/C14H20BrN5/c1-19-4-2-11(3-5-19)6-16-7-12-8-18-14-9-17-13(15)10-20(12)14/h8-11,16H,2-7H2,1H3. The Morgan fingerprint density at radius 1 is 1.30 bits per heavy atom. The molecule has 0 saturated carbocycles. The molecule has 0 bridgehead atoms. The van der Waals surface area contributed by atoms with E-state index in [1.165, 1.54) is 31.6 Å². The summed E-state index contributed by atoms with van der Waals surface area (Å²) in [4.78, 5) is 11.0. The normalized spacial score (nSPS) is 17.9. The number of nitrogens with one attached hydrogen (secondary N) is 1. The lowest BCUT2D eigenvalue weighted by Gasteiger charge is -2.29. The van der Waals surface area contributed by atoms with Gasteiger partial charge in [0.25, 0.3) is 0 Å². The quantitative estimate of drug-likeness (QED) is 0.925. The first-order valence-electron chi connectivity index (χ1n) is 7.09. The lowest BCUT2D eigenvalue weighted by Crippen LogP contribution is -2.34. The highest BCUT2D eigenvalue weighted by Gasteiger charge is 2.16. The lowest BCUT2D eigenvalue weighted by molar-refractivity contribution is 0.216. The molecule has 0 radical (unpaired) electrons. The molecular formula is C14H20BrN5. The molecule has 1 saturated heterocycles. The van der Waals surface area contributed by atoms with Crippen LogP contribution in [0.2, 0.25) is 0 Å². The molecule has 20 heavy (non-hydrogen) atoms. The van der Waals surface area contributed by atoms with Crippen molar-refractivity contribution >= 4 is 21.6 Å². The maximum atomic E-state index is 4.37. The summed E-state index contributed by atoms with van der Waals surface area (Å²) in [7, 11) is 2.20. The van der Waals surface area contributed by atoms with E-state index in [1.807, 2.05) is 12.4 Å². The topological polar surface area (TPSA) is 45.5 Å². The van der Waals surface area contributed by atoms with Gasteiger partial charge in [0.2, 0.25) is 0 Å². The summed E-state index contributed by atoms with van der Waals surface area (Å²) >= 11 is 3.40. The van der Waals surface area contributed by atoms with Crippen LogP contribution in [-0.2, 0) is 6.54 Å². The van der Waals surface area contributed by atoms with Crippen molar-refractivity contribution in [2.24, 2.45) is 5.92 Å². The molecule has 3 rings (SSSR count). The van der Waals surface area contributed by atoms with Crippen LogP contribution in [0.1, 0.15) is 18.5 Å². The molecule has 108 valence electrons. The van der Waals surface area contributed by atoms with E-state index in [2.05, 4.69) is 47.6 Å². The first-order chi connectivity index (χ1) is 9.72. The number of imidazole rings is 1. The fraction of sp³-hybridized carbons (Fsp3) is 0.571. The van der Waals surface area contributed by atoms with E-state index >= 15 is 0 Å². The van der Waals surface area contributed by atoms with Gasteiger partial charge in [0.1, 0.15) is 4.60 Å². The van der Waals surface area contributed by atoms with Gasteiger partial charge in [-0.25, -0.2) is 9.97 Å². The minimum Gasteiger partial charge on any atom is -0.311 e. The largest absolute Gasteiger partial charge is 0.311 e. The average Bonchev–Trinajstić information content (AvgIpc) is 2.84. The third-order valence-electron chi connectivity index (χ3n) is 4.02. The van der Waals surface area contributed by atoms with Crippen LogP contribution in [0.4, 0.5) is 0 Å². The molecule has 0 amide bonds. The van der Waals surface area contributed by atoms with Gasteiger partial charge in [0, 0.05) is 12.7 Å². The summed E-state index contributed by atoms with van der Waals surface area (Å²) in [6.07, 6.45) is 8.27. The van der Waals surface area contributed by atoms with Crippen LogP contribution in [0, 0.1) is 5.92 Å². The second-order valence-corrected chi connectivity index (χ2v) is 6.38. The fourth-order valence-electron chi connectivity index (χ4n) is 2.72. The Morgan fingerprint density at radius 2 is 2.10 bits per heavy atom. The van der Waals surface area contributed by atoms with E-state index in [-0.39, 0.29) is 0 Å². The highest BCUT2D eigenvalue weighted by Crippen LogP contribution is 2.15. The number of hydrogen-bond acceptors (Lipinski definition) is 4. The number of fused-ring (bicyclic) bond motifs is 1. The molecule has 3 heterocycles. The van der Waals surface area contributed by atoms with Crippen molar-refractivity contribution < 1.29 is 0 Å². The van der Waals surface area contributed by atoms with E-state index in [0.717, 1.165) is 29.3 Å². The van der Waals surface area contributed by atoms with Crippen molar-refractivity contribution in [1.82, 2.24) is 24.6 Å².